The Bertz CT molecular complexity index is 289. The van der Waals surface area contributed by atoms with E-state index in [1.807, 2.05) is 5.43 Å². The Kier molecular flexibility index (Phi) is 2.57. The van der Waals surface area contributed by atoms with Crippen LogP contribution in [0, 0.1) is 0 Å². The molecular weight excluding hydrogens is 160 g/mol. The monoisotopic (exact) mass is 169 g/mol. The third kappa shape index (κ3) is 1.49. The van der Waals surface area contributed by atoms with Gasteiger partial charge >= 0.3 is 0 Å². The van der Waals surface area contributed by atoms with Gasteiger partial charge in [0.1, 0.15) is 0 Å². The number of pyridine rings is 1. The van der Waals surface area contributed by atoms with Crippen molar-refractivity contribution in [2.24, 2.45) is 11.7 Å². The van der Waals surface area contributed by atoms with Gasteiger partial charge in [0.25, 0.3) is 5.91 Å². The van der Waals surface area contributed by atoms with Crippen molar-refractivity contribution in [1.82, 2.24) is 5.43 Å². The van der Waals surface area contributed by atoms with Crippen molar-refractivity contribution in [3.63, 3.8) is 0 Å². The predicted molar refractivity (Wildman–Crippen MR) is 39.5 cm³/mol. The Morgan fingerprint density at radius 1 is 1.67 bits per heavy atom. The van der Waals surface area contributed by atoms with Crippen LogP contribution in [0.25, 0.3) is 0 Å². The molecule has 0 spiro atoms. The lowest BCUT2D eigenvalue weighted by molar-refractivity contribution is -0.379. The number of rotatable bonds is 2. The first kappa shape index (κ1) is 8.44. The SMILES string of the molecule is NNC(=O)c1cc[nH+]cc1ON. The highest BCUT2D eigenvalue weighted by Gasteiger charge is 2.12. The van der Waals surface area contributed by atoms with Gasteiger partial charge < -0.3 is 4.84 Å². The molecule has 1 aromatic rings. The Hall–Kier alpha value is -1.66. The Morgan fingerprint density at radius 3 is 3.00 bits per heavy atom. The van der Waals surface area contributed by atoms with Crippen LogP contribution in [-0.2, 0) is 0 Å². The van der Waals surface area contributed by atoms with Gasteiger partial charge in [0.15, 0.2) is 6.20 Å². The Labute approximate surface area is 68.4 Å². The van der Waals surface area contributed by atoms with E-state index in [1.54, 1.807) is 6.20 Å². The molecule has 0 aliphatic rings. The van der Waals surface area contributed by atoms with Gasteiger partial charge in [-0.05, 0) is 0 Å². The lowest BCUT2D eigenvalue weighted by atomic mass is 10.2. The summed E-state index contributed by atoms with van der Waals surface area (Å²) in [5.74, 6) is 9.61. The van der Waals surface area contributed by atoms with E-state index in [-0.39, 0.29) is 11.3 Å². The van der Waals surface area contributed by atoms with Crippen LogP contribution in [0.4, 0.5) is 0 Å². The summed E-state index contributed by atoms with van der Waals surface area (Å²) in [5.41, 5.74) is 2.24. The van der Waals surface area contributed by atoms with Crippen molar-refractivity contribution >= 4 is 5.91 Å². The second-order valence-electron chi connectivity index (χ2n) is 2.01. The second kappa shape index (κ2) is 3.65. The summed E-state index contributed by atoms with van der Waals surface area (Å²) in [7, 11) is 0. The molecular formula is C6H9N4O2+. The first-order valence-electron chi connectivity index (χ1n) is 3.17. The molecule has 12 heavy (non-hydrogen) atoms. The highest BCUT2D eigenvalue weighted by atomic mass is 16.6. The minimum Gasteiger partial charge on any atom is -0.404 e. The molecule has 1 aromatic heterocycles. The summed E-state index contributed by atoms with van der Waals surface area (Å²) in [4.78, 5) is 18.1. The van der Waals surface area contributed by atoms with E-state index in [4.69, 9.17) is 11.7 Å². The molecule has 0 atom stereocenters. The molecule has 0 bridgehead atoms. The molecule has 64 valence electrons. The molecule has 0 aliphatic carbocycles. The number of H-pyrrole nitrogens is 1. The number of nitrogen functional groups attached to an aromatic ring is 1. The number of nitrogens with one attached hydrogen (secondary N) is 2. The zero-order chi connectivity index (χ0) is 8.97. The lowest BCUT2D eigenvalue weighted by Crippen LogP contribution is -2.31. The van der Waals surface area contributed by atoms with Crippen molar-refractivity contribution in [3.05, 3.63) is 24.0 Å². The van der Waals surface area contributed by atoms with Crippen LogP contribution in [0.2, 0.25) is 0 Å². The molecule has 1 heterocycles. The van der Waals surface area contributed by atoms with Gasteiger partial charge in [-0.15, -0.1) is 0 Å². The molecule has 0 unspecified atom stereocenters. The standard InChI is InChI=1S/C6H8N4O2/c7-10-6(11)4-1-2-9-3-5(4)12-8/h1-3H,7-8H2,(H,10,11)/p+1. The van der Waals surface area contributed by atoms with Gasteiger partial charge in [0, 0.05) is 6.07 Å². The molecule has 1 amide bonds. The summed E-state index contributed by atoms with van der Waals surface area (Å²) in [5, 5.41) is 0. The van der Waals surface area contributed by atoms with Crippen LogP contribution in [0.3, 0.4) is 0 Å². The Balaban J connectivity index is 3.04. The van der Waals surface area contributed by atoms with Gasteiger partial charge in [-0.2, -0.15) is 5.90 Å². The van der Waals surface area contributed by atoms with Crippen molar-refractivity contribution in [2.45, 2.75) is 0 Å². The normalized spacial score (nSPS) is 9.17. The number of hydrogen-bond acceptors (Lipinski definition) is 4. The molecule has 0 fully saturated rings. The fraction of sp³-hybridized carbons (Fsp3) is 0. The molecule has 6 N–H and O–H groups in total. The van der Waals surface area contributed by atoms with Crippen molar-refractivity contribution in [3.8, 4) is 5.75 Å². The number of carbonyl (C=O) groups is 1. The smallest absolute Gasteiger partial charge is 0.269 e. The number of amides is 1. The summed E-state index contributed by atoms with van der Waals surface area (Å²) in [6.45, 7) is 0. The topological polar surface area (TPSA) is 105 Å². The number of nitrogens with two attached hydrogens (primary N) is 2. The lowest BCUT2D eigenvalue weighted by Gasteiger charge is -2.01. The average molecular weight is 169 g/mol. The van der Waals surface area contributed by atoms with E-state index < -0.39 is 5.91 Å². The van der Waals surface area contributed by atoms with Gasteiger partial charge in [0.2, 0.25) is 11.9 Å². The summed E-state index contributed by atoms with van der Waals surface area (Å²) in [6, 6.07) is 1.50. The maximum Gasteiger partial charge on any atom is 0.269 e. The average Bonchev–Trinajstić information content (AvgIpc) is 2.16. The molecule has 0 radical (unpaired) electrons. The zero-order valence-electron chi connectivity index (χ0n) is 6.20. The first-order chi connectivity index (χ1) is 5.79. The minimum absolute atomic E-state index is 0.237. The van der Waals surface area contributed by atoms with Crippen LogP contribution in [0.15, 0.2) is 18.5 Å². The minimum atomic E-state index is -0.454. The number of hydrazine groups is 1. The van der Waals surface area contributed by atoms with Crippen molar-refractivity contribution in [1.29, 1.82) is 0 Å². The number of aromatic amines is 1. The number of hydrogen-bond donors (Lipinski definition) is 3. The number of carbonyl (C=O) groups excluding carboxylic acids is 1. The molecule has 0 saturated carbocycles. The maximum atomic E-state index is 11.0. The van der Waals surface area contributed by atoms with Gasteiger partial charge in [0.05, 0.1) is 5.56 Å². The van der Waals surface area contributed by atoms with Crippen LogP contribution in [0.1, 0.15) is 10.4 Å². The highest BCUT2D eigenvalue weighted by molar-refractivity contribution is 5.96. The Morgan fingerprint density at radius 2 is 2.42 bits per heavy atom. The second-order valence-corrected chi connectivity index (χ2v) is 2.01. The fourth-order valence-electron chi connectivity index (χ4n) is 0.778. The van der Waals surface area contributed by atoms with Crippen LogP contribution >= 0.6 is 0 Å². The van der Waals surface area contributed by atoms with E-state index in [0.29, 0.717) is 0 Å². The summed E-state index contributed by atoms with van der Waals surface area (Å²) < 4.78 is 0. The van der Waals surface area contributed by atoms with E-state index in [2.05, 4.69) is 9.82 Å². The van der Waals surface area contributed by atoms with E-state index >= 15 is 0 Å². The van der Waals surface area contributed by atoms with Crippen LogP contribution in [0.5, 0.6) is 5.75 Å². The van der Waals surface area contributed by atoms with Crippen molar-refractivity contribution < 1.29 is 14.6 Å². The third-order valence-electron chi connectivity index (χ3n) is 1.33. The molecule has 0 aliphatic heterocycles. The van der Waals surface area contributed by atoms with Crippen LogP contribution in [-0.4, -0.2) is 5.91 Å². The third-order valence-corrected chi connectivity index (χ3v) is 1.33. The summed E-state index contributed by atoms with van der Waals surface area (Å²) in [6.07, 6.45) is 3.01. The molecule has 6 heteroatoms. The summed E-state index contributed by atoms with van der Waals surface area (Å²) >= 11 is 0. The quantitative estimate of drug-likeness (QED) is 0.280. The highest BCUT2D eigenvalue weighted by Crippen LogP contribution is 2.12. The zero-order valence-corrected chi connectivity index (χ0v) is 6.20. The van der Waals surface area contributed by atoms with E-state index in [9.17, 15) is 4.79 Å². The predicted octanol–water partition coefficient (Wildman–Crippen LogP) is -1.64. The molecule has 6 nitrogen and oxygen atoms in total. The molecule has 1 rings (SSSR count). The molecule has 0 saturated heterocycles. The largest absolute Gasteiger partial charge is 0.404 e. The van der Waals surface area contributed by atoms with E-state index in [1.165, 1.54) is 12.3 Å². The van der Waals surface area contributed by atoms with Gasteiger partial charge in [-0.1, -0.05) is 0 Å². The van der Waals surface area contributed by atoms with Gasteiger partial charge in [-0.25, -0.2) is 10.8 Å². The fourth-order valence-corrected chi connectivity index (χ4v) is 0.778. The van der Waals surface area contributed by atoms with E-state index in [0.717, 1.165) is 0 Å². The maximum absolute atomic E-state index is 11.0. The number of aromatic nitrogens is 1. The molecule has 0 aromatic carbocycles. The first-order valence-corrected chi connectivity index (χ1v) is 3.17. The van der Waals surface area contributed by atoms with Gasteiger partial charge in [-0.3, -0.25) is 10.2 Å². The van der Waals surface area contributed by atoms with Crippen molar-refractivity contribution in [2.75, 3.05) is 0 Å². The van der Waals surface area contributed by atoms with Crippen LogP contribution < -0.4 is 27.0 Å².